The molecule has 0 amide bonds. The van der Waals surface area contributed by atoms with Gasteiger partial charge in [0.2, 0.25) is 0 Å². The highest BCUT2D eigenvalue weighted by Gasteiger charge is 2.15. The lowest BCUT2D eigenvalue weighted by atomic mass is 10.2. The van der Waals surface area contributed by atoms with Crippen LogP contribution in [0.3, 0.4) is 0 Å². The van der Waals surface area contributed by atoms with Crippen LogP contribution in [0.4, 0.5) is 5.69 Å². The minimum Gasteiger partial charge on any atom is -0.369 e. The van der Waals surface area contributed by atoms with Gasteiger partial charge in [-0.05, 0) is 38.1 Å². The quantitative estimate of drug-likeness (QED) is 0.490. The van der Waals surface area contributed by atoms with Gasteiger partial charge in [0.15, 0.2) is 5.82 Å². The fourth-order valence-electron chi connectivity index (χ4n) is 3.77. The van der Waals surface area contributed by atoms with Crippen molar-refractivity contribution >= 4 is 46.9 Å². The van der Waals surface area contributed by atoms with Gasteiger partial charge in [0, 0.05) is 31.9 Å². The van der Waals surface area contributed by atoms with Crippen molar-refractivity contribution in [1.29, 1.82) is 0 Å². The molecule has 1 aromatic carbocycles. The molecule has 0 unspecified atom stereocenters. The zero-order chi connectivity index (χ0) is 19.3. The van der Waals surface area contributed by atoms with Crippen molar-refractivity contribution in [3.63, 3.8) is 0 Å². The monoisotopic (exact) mass is 447 g/mol. The van der Waals surface area contributed by atoms with Gasteiger partial charge in [-0.1, -0.05) is 0 Å². The fourth-order valence-corrected chi connectivity index (χ4v) is 3.77. The van der Waals surface area contributed by atoms with Gasteiger partial charge in [0.25, 0.3) is 5.56 Å². The molecule has 10 heteroatoms. The Kier molecular flexibility index (Phi) is 6.30. The van der Waals surface area contributed by atoms with E-state index < -0.39 is 0 Å². The predicted molar refractivity (Wildman–Crippen MR) is 123 cm³/mol. The molecule has 0 radical (unpaired) electrons. The summed E-state index contributed by atoms with van der Waals surface area (Å²) in [6.45, 7) is 7.65. The largest absolute Gasteiger partial charge is 0.369 e. The number of rotatable bonds is 2. The second-order valence-corrected chi connectivity index (χ2v) is 7.18. The molecule has 0 aliphatic carbocycles. The lowest BCUT2D eigenvalue weighted by molar-refractivity contribution is 0.589. The number of fused-ring (bicyclic) bond motifs is 2. The number of aromatic nitrogens is 5. The van der Waals surface area contributed by atoms with Crippen molar-refractivity contribution in [3.05, 3.63) is 52.2 Å². The molecule has 5 rings (SSSR count). The van der Waals surface area contributed by atoms with Gasteiger partial charge in [-0.3, -0.25) is 9.78 Å². The molecule has 0 bridgehead atoms. The fraction of sp³-hybridized carbons (Fsp3) is 0.300. The maximum Gasteiger partial charge on any atom is 0.259 e. The van der Waals surface area contributed by atoms with Crippen LogP contribution in [-0.4, -0.2) is 50.7 Å². The Morgan fingerprint density at radius 3 is 2.57 bits per heavy atom. The molecule has 0 spiro atoms. The molecule has 158 valence electrons. The van der Waals surface area contributed by atoms with Crippen LogP contribution in [-0.2, 0) is 0 Å². The Hall–Kier alpha value is -2.68. The normalized spacial score (nSPS) is 13.9. The molecule has 1 aliphatic rings. The van der Waals surface area contributed by atoms with E-state index in [1.54, 1.807) is 4.52 Å². The van der Waals surface area contributed by atoms with Crippen molar-refractivity contribution < 1.29 is 0 Å². The van der Waals surface area contributed by atoms with E-state index in [1.807, 2.05) is 44.3 Å². The van der Waals surface area contributed by atoms with Crippen molar-refractivity contribution in [1.82, 2.24) is 29.9 Å². The standard InChI is InChI=1S/C20H21N7O.2ClH/c1-12-11-27-18(13(2)22-12)10-17(25-27)19-23-16-4-3-14(9-15(16)20(28)24-19)26-7-5-21-6-8-26;;/h3-4,9-11,21H,5-8H2,1-2H3,(H,23,24,28);2*1H. The Morgan fingerprint density at radius 2 is 1.80 bits per heavy atom. The van der Waals surface area contributed by atoms with E-state index >= 15 is 0 Å². The number of nitrogens with one attached hydrogen (secondary N) is 2. The summed E-state index contributed by atoms with van der Waals surface area (Å²) < 4.78 is 1.78. The van der Waals surface area contributed by atoms with Gasteiger partial charge in [0.1, 0.15) is 5.69 Å². The maximum absolute atomic E-state index is 12.8. The Bertz CT molecular complexity index is 1260. The van der Waals surface area contributed by atoms with Crippen LogP contribution in [0.25, 0.3) is 27.9 Å². The van der Waals surface area contributed by atoms with Crippen LogP contribution >= 0.6 is 24.8 Å². The van der Waals surface area contributed by atoms with Gasteiger partial charge < -0.3 is 15.2 Å². The molecular weight excluding hydrogens is 425 g/mol. The number of halogens is 2. The topological polar surface area (TPSA) is 91.2 Å². The first-order valence-corrected chi connectivity index (χ1v) is 9.42. The third-order valence-electron chi connectivity index (χ3n) is 5.17. The summed E-state index contributed by atoms with van der Waals surface area (Å²) in [5, 5.41) is 8.51. The number of aromatic amines is 1. The van der Waals surface area contributed by atoms with E-state index in [2.05, 4.69) is 30.3 Å². The molecule has 8 nitrogen and oxygen atoms in total. The zero-order valence-corrected chi connectivity index (χ0v) is 18.3. The highest BCUT2D eigenvalue weighted by Crippen LogP contribution is 2.22. The number of H-pyrrole nitrogens is 1. The predicted octanol–water partition coefficient (Wildman–Crippen LogP) is 2.50. The Morgan fingerprint density at radius 1 is 1.03 bits per heavy atom. The number of hydrogen-bond acceptors (Lipinski definition) is 6. The lowest BCUT2D eigenvalue weighted by Crippen LogP contribution is -2.43. The summed E-state index contributed by atoms with van der Waals surface area (Å²) in [4.78, 5) is 27.1. The van der Waals surface area contributed by atoms with Gasteiger partial charge in [-0.2, -0.15) is 5.10 Å². The Balaban J connectivity index is 0.00000128. The van der Waals surface area contributed by atoms with E-state index in [4.69, 9.17) is 0 Å². The van der Waals surface area contributed by atoms with Gasteiger partial charge in [-0.15, -0.1) is 24.8 Å². The molecule has 4 aromatic rings. The summed E-state index contributed by atoms with van der Waals surface area (Å²) >= 11 is 0. The van der Waals surface area contributed by atoms with Crippen LogP contribution in [0, 0.1) is 13.8 Å². The Labute approximate surface area is 185 Å². The molecule has 30 heavy (non-hydrogen) atoms. The number of benzene rings is 1. The summed E-state index contributed by atoms with van der Waals surface area (Å²) in [7, 11) is 0. The second-order valence-electron chi connectivity index (χ2n) is 7.18. The summed E-state index contributed by atoms with van der Waals surface area (Å²) in [5.74, 6) is 0.466. The molecule has 1 aliphatic heterocycles. The minimum absolute atomic E-state index is 0. The molecule has 1 fully saturated rings. The van der Waals surface area contributed by atoms with Crippen molar-refractivity contribution in [2.45, 2.75) is 13.8 Å². The number of piperazine rings is 1. The molecule has 1 saturated heterocycles. The molecule has 3 aromatic heterocycles. The van der Waals surface area contributed by atoms with Crippen LogP contribution in [0.5, 0.6) is 0 Å². The molecule has 0 atom stereocenters. The average molecular weight is 448 g/mol. The highest BCUT2D eigenvalue weighted by atomic mass is 35.5. The highest BCUT2D eigenvalue weighted by molar-refractivity contribution is 5.86. The first kappa shape index (κ1) is 22.0. The third kappa shape index (κ3) is 3.86. The van der Waals surface area contributed by atoms with E-state index in [0.29, 0.717) is 22.4 Å². The summed E-state index contributed by atoms with van der Waals surface area (Å²) in [5.41, 5.74) is 4.88. The van der Waals surface area contributed by atoms with Crippen molar-refractivity contribution in [3.8, 4) is 11.5 Å². The van der Waals surface area contributed by atoms with E-state index in [-0.39, 0.29) is 30.4 Å². The molecule has 2 N–H and O–H groups in total. The van der Waals surface area contributed by atoms with Crippen LogP contribution in [0.15, 0.2) is 35.3 Å². The molecular formula is C20H23Cl2N7O. The first-order chi connectivity index (χ1) is 13.6. The summed E-state index contributed by atoms with van der Waals surface area (Å²) in [6.07, 6.45) is 1.87. The first-order valence-electron chi connectivity index (χ1n) is 9.42. The average Bonchev–Trinajstić information content (AvgIpc) is 3.13. The van der Waals surface area contributed by atoms with Crippen LogP contribution in [0.2, 0.25) is 0 Å². The van der Waals surface area contributed by atoms with E-state index in [0.717, 1.165) is 48.8 Å². The minimum atomic E-state index is -0.153. The summed E-state index contributed by atoms with van der Waals surface area (Å²) in [6, 6.07) is 7.78. The molecule has 0 saturated carbocycles. The molecule has 4 heterocycles. The van der Waals surface area contributed by atoms with Gasteiger partial charge in [0.05, 0.1) is 34.0 Å². The number of hydrogen-bond donors (Lipinski definition) is 2. The zero-order valence-electron chi connectivity index (χ0n) is 16.7. The third-order valence-corrected chi connectivity index (χ3v) is 5.17. The SMILES string of the molecule is Cc1cn2nc(-c3nc4ccc(N5CCNCC5)cc4c(=O)[nH]3)cc2c(C)n1.Cl.Cl. The van der Waals surface area contributed by atoms with Gasteiger partial charge >= 0.3 is 0 Å². The van der Waals surface area contributed by atoms with Crippen LogP contribution < -0.4 is 15.8 Å². The number of nitrogens with zero attached hydrogens (tertiary/aromatic N) is 5. The van der Waals surface area contributed by atoms with Gasteiger partial charge in [-0.25, -0.2) is 9.50 Å². The maximum atomic E-state index is 12.8. The second kappa shape index (κ2) is 8.59. The van der Waals surface area contributed by atoms with E-state index in [1.165, 1.54) is 0 Å². The van der Waals surface area contributed by atoms with Crippen LogP contribution in [0.1, 0.15) is 11.4 Å². The number of anilines is 1. The lowest BCUT2D eigenvalue weighted by Gasteiger charge is -2.29. The number of aryl methyl sites for hydroxylation is 2. The van der Waals surface area contributed by atoms with Crippen molar-refractivity contribution in [2.75, 3.05) is 31.1 Å². The smallest absolute Gasteiger partial charge is 0.259 e. The van der Waals surface area contributed by atoms with Crippen molar-refractivity contribution in [2.24, 2.45) is 0 Å². The van der Waals surface area contributed by atoms with E-state index in [9.17, 15) is 4.79 Å².